The quantitative estimate of drug-likeness (QED) is 0.423. The standard InChI is InChI=1S/C10H12O3S.Na.H/c1-8(2)7-9-3-5-10(6-4-9)14(11,12)13;;/h3-6H,1,7H2,2H3,(H,11,12,13);;/q;+1;-1. The van der Waals surface area contributed by atoms with Gasteiger partial charge in [0.15, 0.2) is 0 Å². The molecule has 0 fully saturated rings. The van der Waals surface area contributed by atoms with Crippen LogP contribution in [0.4, 0.5) is 0 Å². The molecule has 0 aliphatic rings. The van der Waals surface area contributed by atoms with E-state index < -0.39 is 10.1 Å². The van der Waals surface area contributed by atoms with Crippen LogP contribution in [0, 0.1) is 0 Å². The Labute approximate surface area is 114 Å². The first-order valence-electron chi connectivity index (χ1n) is 4.10. The summed E-state index contributed by atoms with van der Waals surface area (Å²) in [6.45, 7) is 5.65. The van der Waals surface area contributed by atoms with Gasteiger partial charge in [-0.1, -0.05) is 24.3 Å². The molecule has 0 unspecified atom stereocenters. The molecular weight excluding hydrogens is 223 g/mol. The van der Waals surface area contributed by atoms with Crippen LogP contribution in [0.5, 0.6) is 0 Å². The molecule has 0 saturated carbocycles. The topological polar surface area (TPSA) is 54.4 Å². The molecule has 0 atom stereocenters. The molecule has 1 N–H and O–H groups in total. The predicted molar refractivity (Wildman–Crippen MR) is 55.9 cm³/mol. The molecule has 5 heteroatoms. The van der Waals surface area contributed by atoms with Crippen LogP contribution >= 0.6 is 0 Å². The van der Waals surface area contributed by atoms with Crippen LogP contribution in [0.1, 0.15) is 13.9 Å². The molecule has 0 bridgehead atoms. The van der Waals surface area contributed by atoms with Crippen molar-refractivity contribution in [3.63, 3.8) is 0 Å². The summed E-state index contributed by atoms with van der Waals surface area (Å²) in [7, 11) is -4.07. The van der Waals surface area contributed by atoms with Crippen molar-refractivity contribution in [3.8, 4) is 0 Å². The zero-order valence-corrected chi connectivity index (χ0v) is 11.7. The van der Waals surface area contributed by atoms with E-state index in [4.69, 9.17) is 4.55 Å². The van der Waals surface area contributed by atoms with Gasteiger partial charge >= 0.3 is 29.6 Å². The van der Waals surface area contributed by atoms with Crippen molar-refractivity contribution >= 4 is 10.1 Å². The Balaban J connectivity index is 0. The first-order chi connectivity index (χ1) is 6.39. The number of hydrogen-bond donors (Lipinski definition) is 1. The van der Waals surface area contributed by atoms with Gasteiger partial charge in [-0.15, -0.1) is 0 Å². The summed E-state index contributed by atoms with van der Waals surface area (Å²) in [6, 6.07) is 6.09. The summed E-state index contributed by atoms with van der Waals surface area (Å²) >= 11 is 0. The Morgan fingerprint density at radius 2 is 1.87 bits per heavy atom. The van der Waals surface area contributed by atoms with E-state index in [1.807, 2.05) is 6.92 Å². The summed E-state index contributed by atoms with van der Waals surface area (Å²) in [5.41, 5.74) is 1.98. The van der Waals surface area contributed by atoms with Gasteiger partial charge in [-0.05, 0) is 31.0 Å². The second-order valence-corrected chi connectivity index (χ2v) is 4.67. The van der Waals surface area contributed by atoms with E-state index in [1.165, 1.54) is 12.1 Å². The SMILES string of the molecule is C=C(C)Cc1ccc(S(=O)(=O)O)cc1.[H-].[Na+]. The number of allylic oxidation sites excluding steroid dienone is 1. The van der Waals surface area contributed by atoms with E-state index in [9.17, 15) is 8.42 Å². The molecular formula is C10H13NaO3S. The van der Waals surface area contributed by atoms with E-state index in [0.717, 1.165) is 11.1 Å². The van der Waals surface area contributed by atoms with E-state index in [1.54, 1.807) is 12.1 Å². The normalized spacial score (nSPS) is 10.5. The van der Waals surface area contributed by atoms with Crippen LogP contribution in [0.25, 0.3) is 0 Å². The summed E-state index contributed by atoms with van der Waals surface area (Å²) in [5.74, 6) is 0. The minimum absolute atomic E-state index is 0. The molecule has 0 radical (unpaired) electrons. The number of rotatable bonds is 3. The molecule has 3 nitrogen and oxygen atoms in total. The maximum absolute atomic E-state index is 10.7. The summed E-state index contributed by atoms with van der Waals surface area (Å²) in [5, 5.41) is 0. The average Bonchev–Trinajstić information content (AvgIpc) is 2.02. The smallest absolute Gasteiger partial charge is 1.00 e. The predicted octanol–water partition coefficient (Wildman–Crippen LogP) is -0.832. The molecule has 0 aliphatic carbocycles. The van der Waals surface area contributed by atoms with Gasteiger partial charge in [0.1, 0.15) is 0 Å². The first-order valence-corrected chi connectivity index (χ1v) is 5.54. The van der Waals surface area contributed by atoms with Crippen molar-refractivity contribution in [1.29, 1.82) is 0 Å². The van der Waals surface area contributed by atoms with E-state index in [-0.39, 0.29) is 35.9 Å². The molecule has 15 heavy (non-hydrogen) atoms. The van der Waals surface area contributed by atoms with E-state index >= 15 is 0 Å². The van der Waals surface area contributed by atoms with E-state index in [0.29, 0.717) is 6.42 Å². The van der Waals surface area contributed by atoms with Gasteiger partial charge in [-0.25, -0.2) is 0 Å². The summed E-state index contributed by atoms with van der Waals surface area (Å²) in [6.07, 6.45) is 0.714. The largest absolute Gasteiger partial charge is 1.00 e. The molecule has 78 valence electrons. The Bertz CT molecular complexity index is 440. The zero-order valence-electron chi connectivity index (χ0n) is 9.90. The van der Waals surface area contributed by atoms with Crippen LogP contribution in [0.2, 0.25) is 0 Å². The molecule has 1 rings (SSSR count). The van der Waals surface area contributed by atoms with Crippen LogP contribution in [-0.4, -0.2) is 13.0 Å². The molecule has 0 amide bonds. The van der Waals surface area contributed by atoms with Gasteiger partial charge in [-0.2, -0.15) is 8.42 Å². The van der Waals surface area contributed by atoms with Crippen molar-refractivity contribution < 1.29 is 44.0 Å². The third-order valence-electron chi connectivity index (χ3n) is 1.73. The minimum Gasteiger partial charge on any atom is -1.00 e. The van der Waals surface area contributed by atoms with Crippen LogP contribution in [-0.2, 0) is 16.5 Å². The molecule has 0 aromatic heterocycles. The van der Waals surface area contributed by atoms with Crippen molar-refractivity contribution in [3.05, 3.63) is 42.0 Å². The minimum atomic E-state index is -4.07. The van der Waals surface area contributed by atoms with Crippen LogP contribution in [0.3, 0.4) is 0 Å². The number of hydrogen-bond acceptors (Lipinski definition) is 2. The average molecular weight is 236 g/mol. The summed E-state index contributed by atoms with van der Waals surface area (Å²) < 4.78 is 30.1. The fourth-order valence-electron chi connectivity index (χ4n) is 1.13. The fraction of sp³-hybridized carbons (Fsp3) is 0.200. The zero-order chi connectivity index (χ0) is 10.8. The van der Waals surface area contributed by atoms with E-state index in [2.05, 4.69) is 6.58 Å². The Kier molecular flexibility index (Phi) is 5.77. The van der Waals surface area contributed by atoms with Crippen molar-refractivity contribution in [1.82, 2.24) is 0 Å². The second kappa shape index (κ2) is 5.82. The van der Waals surface area contributed by atoms with Gasteiger partial charge in [0, 0.05) is 0 Å². The van der Waals surface area contributed by atoms with Crippen molar-refractivity contribution in [2.45, 2.75) is 18.2 Å². The van der Waals surface area contributed by atoms with Gasteiger partial charge < -0.3 is 1.43 Å². The molecule has 0 heterocycles. The van der Waals surface area contributed by atoms with Gasteiger partial charge in [0.25, 0.3) is 10.1 Å². The maximum Gasteiger partial charge on any atom is 1.00 e. The molecule has 0 spiro atoms. The van der Waals surface area contributed by atoms with Gasteiger partial charge in [0.05, 0.1) is 4.90 Å². The maximum atomic E-state index is 10.7. The van der Waals surface area contributed by atoms with Gasteiger partial charge in [0.2, 0.25) is 0 Å². The Morgan fingerprint density at radius 3 is 2.20 bits per heavy atom. The third-order valence-corrected chi connectivity index (χ3v) is 2.59. The first kappa shape index (κ1) is 14.9. The second-order valence-electron chi connectivity index (χ2n) is 3.25. The molecule has 1 aromatic carbocycles. The fourth-order valence-corrected chi connectivity index (χ4v) is 1.61. The monoisotopic (exact) mass is 236 g/mol. The summed E-state index contributed by atoms with van der Waals surface area (Å²) in [4.78, 5) is -0.0806. The van der Waals surface area contributed by atoms with Crippen molar-refractivity contribution in [2.24, 2.45) is 0 Å². The van der Waals surface area contributed by atoms with Crippen LogP contribution in [0.15, 0.2) is 41.3 Å². The third kappa shape index (κ3) is 4.95. The Hall–Kier alpha value is -0.130. The van der Waals surface area contributed by atoms with Crippen LogP contribution < -0.4 is 29.6 Å². The van der Waals surface area contributed by atoms with Gasteiger partial charge in [-0.3, -0.25) is 4.55 Å². The molecule has 0 saturated heterocycles. The Morgan fingerprint density at radius 1 is 1.40 bits per heavy atom. The molecule has 1 aromatic rings. The van der Waals surface area contributed by atoms with Crippen molar-refractivity contribution in [2.75, 3.05) is 0 Å². The number of benzene rings is 1. The molecule has 0 aliphatic heterocycles.